The highest BCUT2D eigenvalue weighted by Gasteiger charge is 1.99. The predicted octanol–water partition coefficient (Wildman–Crippen LogP) is 2.09. The van der Waals surface area contributed by atoms with Crippen molar-refractivity contribution in [3.63, 3.8) is 0 Å². The van der Waals surface area contributed by atoms with Gasteiger partial charge in [0.05, 0.1) is 6.61 Å². The summed E-state index contributed by atoms with van der Waals surface area (Å²) >= 11 is 0. The van der Waals surface area contributed by atoms with Crippen LogP contribution in [-0.2, 0) is 0 Å². The maximum Gasteiger partial charge on any atom is 0.119 e. The molecule has 0 atom stereocenters. The highest BCUT2D eigenvalue weighted by molar-refractivity contribution is 6.34. The van der Waals surface area contributed by atoms with Gasteiger partial charge in [0, 0.05) is 19.8 Å². The Morgan fingerprint density at radius 1 is 1.05 bits per heavy atom. The summed E-state index contributed by atoms with van der Waals surface area (Å²) in [6, 6.07) is 13.9. The van der Waals surface area contributed by atoms with Crippen LogP contribution in [0.1, 0.15) is 11.1 Å². The number of nitrogens with zero attached hydrogens (tertiary/aromatic N) is 1. The predicted molar refractivity (Wildman–Crippen MR) is 94.1 cm³/mol. The van der Waals surface area contributed by atoms with Crippen LogP contribution < -0.4 is 15.1 Å². The molecule has 0 aromatic heterocycles. The summed E-state index contributed by atoms with van der Waals surface area (Å²) in [6.45, 7) is 0.224. The highest BCUT2D eigenvalue weighted by atomic mass is 16.5. The number of rotatable bonds is 6. The molecule has 0 aliphatic carbocycles. The Labute approximate surface area is 133 Å². The zero-order valence-corrected chi connectivity index (χ0v) is 13.0. The molecule has 4 heteroatoms. The Bertz CT molecular complexity index is 636. The van der Waals surface area contributed by atoms with E-state index in [0.717, 1.165) is 11.1 Å². The molecule has 0 unspecified atom stereocenters. The van der Waals surface area contributed by atoms with Crippen molar-refractivity contribution in [2.75, 3.05) is 32.2 Å². The molecule has 112 valence electrons. The second kappa shape index (κ2) is 7.71. The lowest BCUT2D eigenvalue weighted by Crippen LogP contribution is -2.12. The van der Waals surface area contributed by atoms with Gasteiger partial charge in [-0.1, -0.05) is 41.9 Å². The number of benzene rings is 2. The number of aliphatic hydroxyl groups excluding tert-OH is 1. The Morgan fingerprint density at radius 2 is 1.68 bits per heavy atom. The molecule has 0 fully saturated rings. The minimum Gasteiger partial charge on any atom is -0.492 e. The van der Waals surface area contributed by atoms with E-state index in [9.17, 15) is 0 Å². The second-order valence-electron chi connectivity index (χ2n) is 5.19. The Morgan fingerprint density at radius 3 is 2.27 bits per heavy atom. The molecular weight excluding hydrogens is 273 g/mol. The fourth-order valence-electron chi connectivity index (χ4n) is 2.03. The molecule has 1 N–H and O–H groups in total. The van der Waals surface area contributed by atoms with E-state index in [2.05, 4.69) is 29.2 Å². The van der Waals surface area contributed by atoms with Crippen molar-refractivity contribution in [3.05, 3.63) is 53.6 Å². The summed E-state index contributed by atoms with van der Waals surface area (Å²) in [5.74, 6) is 0.599. The number of anilines is 1. The van der Waals surface area contributed by atoms with E-state index >= 15 is 0 Å². The van der Waals surface area contributed by atoms with Gasteiger partial charge < -0.3 is 14.7 Å². The van der Waals surface area contributed by atoms with Gasteiger partial charge in [-0.05, 0) is 29.3 Å². The van der Waals surface area contributed by atoms with Crippen LogP contribution in [-0.4, -0.2) is 40.3 Å². The fraction of sp³-hybridized carbons (Fsp3) is 0.222. The Kier molecular flexibility index (Phi) is 5.67. The maximum atomic E-state index is 8.76. The lowest BCUT2D eigenvalue weighted by molar-refractivity contribution is 0.202. The lowest BCUT2D eigenvalue weighted by Gasteiger charge is -2.11. The molecule has 0 heterocycles. The third-order valence-corrected chi connectivity index (χ3v) is 3.26. The quantitative estimate of drug-likeness (QED) is 0.654. The normalized spacial score (nSPS) is 10.9. The molecule has 22 heavy (non-hydrogen) atoms. The van der Waals surface area contributed by atoms with Crippen molar-refractivity contribution in [1.82, 2.24) is 0 Å². The maximum absolute atomic E-state index is 8.76. The molecule has 0 amide bonds. The van der Waals surface area contributed by atoms with Crippen LogP contribution in [0, 0.1) is 0 Å². The first-order chi connectivity index (χ1) is 10.6. The summed E-state index contributed by atoms with van der Waals surface area (Å²) in [5, 5.41) is 8.76. The smallest absolute Gasteiger partial charge is 0.119 e. The van der Waals surface area contributed by atoms with E-state index < -0.39 is 0 Å². The van der Waals surface area contributed by atoms with Gasteiger partial charge in [-0.2, -0.15) is 0 Å². The number of hydrogen-bond acceptors (Lipinski definition) is 3. The van der Waals surface area contributed by atoms with E-state index in [-0.39, 0.29) is 13.2 Å². The standard InChI is InChI=1S/C18H20BNO2/c1-20(2)16-8-5-14(6-9-16)3-4-15-7-10-18(17(19)13-15)22-12-11-21/h3-10,13,21H,11-12H2,1-2H3/b4-3+. The van der Waals surface area contributed by atoms with Gasteiger partial charge in [0.2, 0.25) is 0 Å². The monoisotopic (exact) mass is 293 g/mol. The van der Waals surface area contributed by atoms with Crippen molar-refractivity contribution >= 4 is 31.1 Å². The molecule has 0 spiro atoms. The zero-order chi connectivity index (χ0) is 15.9. The SMILES string of the molecule is [B]c1cc(/C=C/c2ccc(N(C)C)cc2)ccc1OCCO. The molecule has 2 aromatic rings. The molecule has 3 nitrogen and oxygen atoms in total. The average Bonchev–Trinajstić information content (AvgIpc) is 2.52. The van der Waals surface area contributed by atoms with E-state index in [1.165, 1.54) is 5.69 Å². The molecule has 0 aliphatic rings. The lowest BCUT2D eigenvalue weighted by atomic mass is 9.93. The first-order valence-electron chi connectivity index (χ1n) is 7.19. The van der Waals surface area contributed by atoms with E-state index in [4.69, 9.17) is 17.7 Å². The van der Waals surface area contributed by atoms with Gasteiger partial charge in [0.1, 0.15) is 20.2 Å². The minimum atomic E-state index is -0.0238. The first kappa shape index (κ1) is 16.2. The summed E-state index contributed by atoms with van der Waals surface area (Å²) in [6.07, 6.45) is 4.05. The van der Waals surface area contributed by atoms with Gasteiger partial charge in [-0.3, -0.25) is 0 Å². The number of hydrogen-bond donors (Lipinski definition) is 1. The van der Waals surface area contributed by atoms with Crippen molar-refractivity contribution in [2.45, 2.75) is 0 Å². The number of aliphatic hydroxyl groups is 1. The minimum absolute atomic E-state index is 0.0238. The number of ether oxygens (including phenoxy) is 1. The van der Waals surface area contributed by atoms with Crippen LogP contribution in [0.2, 0.25) is 0 Å². The molecule has 0 aliphatic heterocycles. The second-order valence-corrected chi connectivity index (χ2v) is 5.19. The van der Waals surface area contributed by atoms with E-state index in [1.54, 1.807) is 0 Å². The topological polar surface area (TPSA) is 32.7 Å². The fourth-order valence-corrected chi connectivity index (χ4v) is 2.03. The van der Waals surface area contributed by atoms with Crippen LogP contribution in [0.5, 0.6) is 5.75 Å². The van der Waals surface area contributed by atoms with Gasteiger partial charge in [-0.25, -0.2) is 0 Å². The highest BCUT2D eigenvalue weighted by Crippen LogP contribution is 2.15. The van der Waals surface area contributed by atoms with Gasteiger partial charge in [0.15, 0.2) is 0 Å². The van der Waals surface area contributed by atoms with E-state index in [0.29, 0.717) is 11.2 Å². The Balaban J connectivity index is 2.07. The van der Waals surface area contributed by atoms with Crippen molar-refractivity contribution < 1.29 is 9.84 Å². The molecular formula is C18H20BNO2. The molecule has 2 rings (SSSR count). The molecule has 2 radical (unpaired) electrons. The summed E-state index contributed by atoms with van der Waals surface area (Å²) < 4.78 is 5.34. The third kappa shape index (κ3) is 4.40. The largest absolute Gasteiger partial charge is 0.492 e. The van der Waals surface area contributed by atoms with Crippen LogP contribution in [0.3, 0.4) is 0 Å². The van der Waals surface area contributed by atoms with Gasteiger partial charge in [0.25, 0.3) is 0 Å². The van der Waals surface area contributed by atoms with E-state index in [1.807, 2.05) is 44.4 Å². The molecule has 2 aromatic carbocycles. The van der Waals surface area contributed by atoms with Crippen LogP contribution >= 0.6 is 0 Å². The van der Waals surface area contributed by atoms with Crippen LogP contribution in [0.15, 0.2) is 42.5 Å². The van der Waals surface area contributed by atoms with Gasteiger partial charge in [-0.15, -0.1) is 0 Å². The Hall–Kier alpha value is -2.20. The van der Waals surface area contributed by atoms with Crippen molar-refractivity contribution in [1.29, 1.82) is 0 Å². The molecule has 0 saturated heterocycles. The summed E-state index contributed by atoms with van der Waals surface area (Å²) in [5.41, 5.74) is 3.88. The van der Waals surface area contributed by atoms with Gasteiger partial charge >= 0.3 is 0 Å². The summed E-state index contributed by atoms with van der Waals surface area (Å²) in [4.78, 5) is 2.07. The van der Waals surface area contributed by atoms with Crippen molar-refractivity contribution in [3.8, 4) is 5.75 Å². The first-order valence-corrected chi connectivity index (χ1v) is 7.19. The van der Waals surface area contributed by atoms with Crippen LogP contribution in [0.25, 0.3) is 12.2 Å². The van der Waals surface area contributed by atoms with Crippen LogP contribution in [0.4, 0.5) is 5.69 Å². The zero-order valence-electron chi connectivity index (χ0n) is 13.0. The average molecular weight is 293 g/mol. The summed E-state index contributed by atoms with van der Waals surface area (Å²) in [7, 11) is 9.98. The molecule has 0 saturated carbocycles. The third-order valence-electron chi connectivity index (χ3n) is 3.26. The van der Waals surface area contributed by atoms with Crippen molar-refractivity contribution in [2.24, 2.45) is 0 Å². The molecule has 0 bridgehead atoms.